The lowest BCUT2D eigenvalue weighted by Gasteiger charge is -2.01. The number of aliphatic hydroxyl groups is 1. The standard InChI is InChI=1S/C12H7F5O3/c13-10-6(2-4-8(19)11(10)14)1-3-7(18)5-9(20)12(15,16)17/h1-5,18-19H/b3-1+,7-5-. The van der Waals surface area contributed by atoms with Crippen molar-refractivity contribution in [3.8, 4) is 5.75 Å². The van der Waals surface area contributed by atoms with Crippen LogP contribution >= 0.6 is 0 Å². The minimum Gasteiger partial charge on any atom is -0.508 e. The summed E-state index contributed by atoms with van der Waals surface area (Å²) in [7, 11) is 0. The summed E-state index contributed by atoms with van der Waals surface area (Å²) in [6.07, 6.45) is -3.92. The minimum absolute atomic E-state index is 0.106. The van der Waals surface area contributed by atoms with Crippen LogP contribution in [0.5, 0.6) is 5.75 Å². The number of phenolic OH excluding ortho intramolecular Hbond substituents is 1. The van der Waals surface area contributed by atoms with Crippen LogP contribution in [0, 0.1) is 11.6 Å². The van der Waals surface area contributed by atoms with Crippen LogP contribution in [0.1, 0.15) is 5.56 Å². The molecule has 0 saturated carbocycles. The van der Waals surface area contributed by atoms with Crippen LogP contribution in [0.2, 0.25) is 0 Å². The summed E-state index contributed by atoms with van der Waals surface area (Å²) in [6.45, 7) is 0. The lowest BCUT2D eigenvalue weighted by atomic mass is 10.1. The number of aliphatic hydroxyl groups excluding tert-OH is 1. The Morgan fingerprint density at radius 2 is 1.75 bits per heavy atom. The van der Waals surface area contributed by atoms with Crippen molar-refractivity contribution in [2.75, 3.05) is 0 Å². The molecule has 0 aromatic heterocycles. The van der Waals surface area contributed by atoms with Crippen molar-refractivity contribution in [2.45, 2.75) is 6.18 Å². The number of halogens is 5. The van der Waals surface area contributed by atoms with Crippen molar-refractivity contribution in [1.82, 2.24) is 0 Å². The van der Waals surface area contributed by atoms with E-state index in [-0.39, 0.29) is 6.08 Å². The number of ketones is 1. The second kappa shape index (κ2) is 5.72. The van der Waals surface area contributed by atoms with E-state index in [1.807, 2.05) is 0 Å². The van der Waals surface area contributed by atoms with Gasteiger partial charge in [-0.05, 0) is 24.3 Å². The highest BCUT2D eigenvalue weighted by atomic mass is 19.4. The Labute approximate surface area is 109 Å². The molecule has 8 heteroatoms. The molecule has 0 aliphatic rings. The number of phenols is 1. The van der Waals surface area contributed by atoms with Crippen molar-refractivity contribution < 1.29 is 37.0 Å². The lowest BCUT2D eigenvalue weighted by Crippen LogP contribution is -2.20. The average molecular weight is 294 g/mol. The maximum atomic E-state index is 13.2. The van der Waals surface area contributed by atoms with Gasteiger partial charge in [-0.1, -0.05) is 0 Å². The van der Waals surface area contributed by atoms with Crippen LogP contribution in [0.4, 0.5) is 22.0 Å². The summed E-state index contributed by atoms with van der Waals surface area (Å²) >= 11 is 0. The fraction of sp³-hybridized carbons (Fsp3) is 0.0833. The third-order valence-corrected chi connectivity index (χ3v) is 2.08. The molecular formula is C12H7F5O3. The van der Waals surface area contributed by atoms with E-state index in [1.165, 1.54) is 0 Å². The number of aromatic hydroxyl groups is 1. The zero-order valence-electron chi connectivity index (χ0n) is 9.58. The molecule has 0 fully saturated rings. The third-order valence-electron chi connectivity index (χ3n) is 2.08. The minimum atomic E-state index is -5.14. The predicted octanol–water partition coefficient (Wildman–Crippen LogP) is 3.26. The molecule has 108 valence electrons. The smallest absolute Gasteiger partial charge is 0.454 e. The van der Waals surface area contributed by atoms with Gasteiger partial charge in [0.2, 0.25) is 5.82 Å². The first-order valence-electron chi connectivity index (χ1n) is 4.99. The Bertz CT molecular complexity index is 587. The molecule has 0 atom stereocenters. The number of alkyl halides is 3. The van der Waals surface area contributed by atoms with E-state index in [4.69, 9.17) is 10.2 Å². The summed E-state index contributed by atoms with van der Waals surface area (Å²) < 4.78 is 61.8. The molecule has 0 spiro atoms. The summed E-state index contributed by atoms with van der Waals surface area (Å²) in [5, 5.41) is 17.9. The highest BCUT2D eigenvalue weighted by molar-refractivity contribution is 5.95. The number of allylic oxidation sites excluding steroid dienone is 2. The highest BCUT2D eigenvalue weighted by Crippen LogP contribution is 2.22. The number of hydrogen-bond donors (Lipinski definition) is 2. The Morgan fingerprint density at radius 1 is 1.15 bits per heavy atom. The van der Waals surface area contributed by atoms with Crippen LogP contribution in [-0.2, 0) is 4.79 Å². The van der Waals surface area contributed by atoms with E-state index in [0.717, 1.165) is 18.2 Å². The number of benzene rings is 1. The van der Waals surface area contributed by atoms with Crippen LogP contribution < -0.4 is 0 Å². The quantitative estimate of drug-likeness (QED) is 0.389. The molecule has 0 radical (unpaired) electrons. The summed E-state index contributed by atoms with van der Waals surface area (Å²) in [5.41, 5.74) is -0.431. The van der Waals surface area contributed by atoms with E-state index in [0.29, 0.717) is 6.08 Å². The number of carbonyl (C=O) groups is 1. The number of hydrogen-bond acceptors (Lipinski definition) is 3. The molecule has 0 bridgehead atoms. The second-order valence-electron chi connectivity index (χ2n) is 3.57. The van der Waals surface area contributed by atoms with E-state index in [1.54, 1.807) is 0 Å². The third kappa shape index (κ3) is 3.81. The fourth-order valence-corrected chi connectivity index (χ4v) is 1.12. The van der Waals surface area contributed by atoms with Crippen LogP contribution in [0.3, 0.4) is 0 Å². The lowest BCUT2D eigenvalue weighted by molar-refractivity contribution is -0.165. The SMILES string of the molecule is O=C(/C=C(O)/C=C/c1ccc(O)c(F)c1F)C(F)(F)F. The van der Waals surface area contributed by atoms with Crippen LogP contribution in [-0.4, -0.2) is 22.2 Å². The van der Waals surface area contributed by atoms with Gasteiger partial charge in [-0.15, -0.1) is 0 Å². The number of carbonyl (C=O) groups excluding carboxylic acids is 1. The Hall–Kier alpha value is -2.38. The Balaban J connectivity index is 2.97. The van der Waals surface area contributed by atoms with E-state index < -0.39 is 40.7 Å². The number of rotatable bonds is 3. The molecule has 1 rings (SSSR count). The molecule has 1 aromatic carbocycles. The van der Waals surface area contributed by atoms with E-state index in [9.17, 15) is 26.7 Å². The molecule has 3 nitrogen and oxygen atoms in total. The fourth-order valence-electron chi connectivity index (χ4n) is 1.12. The molecule has 0 aliphatic heterocycles. The van der Waals surface area contributed by atoms with Gasteiger partial charge in [0.05, 0.1) is 0 Å². The molecule has 2 N–H and O–H groups in total. The Kier molecular flexibility index (Phi) is 4.49. The van der Waals surface area contributed by atoms with Crippen LogP contribution in [0.15, 0.2) is 30.0 Å². The zero-order chi connectivity index (χ0) is 15.5. The van der Waals surface area contributed by atoms with Gasteiger partial charge >= 0.3 is 6.18 Å². The molecule has 0 saturated heterocycles. The van der Waals surface area contributed by atoms with Crippen LogP contribution in [0.25, 0.3) is 6.08 Å². The first kappa shape index (κ1) is 15.7. The maximum Gasteiger partial charge on any atom is 0.454 e. The van der Waals surface area contributed by atoms with Crippen molar-refractivity contribution in [3.05, 3.63) is 47.2 Å². The van der Waals surface area contributed by atoms with Gasteiger partial charge in [-0.3, -0.25) is 4.79 Å². The van der Waals surface area contributed by atoms with Gasteiger partial charge < -0.3 is 10.2 Å². The summed E-state index contributed by atoms with van der Waals surface area (Å²) in [4.78, 5) is 10.5. The molecular weight excluding hydrogens is 287 g/mol. The van der Waals surface area contributed by atoms with Crippen molar-refractivity contribution in [2.24, 2.45) is 0 Å². The van der Waals surface area contributed by atoms with E-state index >= 15 is 0 Å². The summed E-state index contributed by atoms with van der Waals surface area (Å²) in [5.74, 6) is -7.30. The molecule has 1 aromatic rings. The monoisotopic (exact) mass is 294 g/mol. The predicted molar refractivity (Wildman–Crippen MR) is 58.8 cm³/mol. The Morgan fingerprint density at radius 3 is 2.30 bits per heavy atom. The van der Waals surface area contributed by atoms with Gasteiger partial charge in [0.1, 0.15) is 5.76 Å². The largest absolute Gasteiger partial charge is 0.508 e. The molecule has 0 unspecified atom stereocenters. The zero-order valence-corrected chi connectivity index (χ0v) is 9.58. The van der Waals surface area contributed by atoms with Gasteiger partial charge in [0.25, 0.3) is 5.78 Å². The molecule has 0 heterocycles. The maximum absolute atomic E-state index is 13.2. The molecule has 0 amide bonds. The molecule has 20 heavy (non-hydrogen) atoms. The normalized spacial score (nSPS) is 12.9. The van der Waals surface area contributed by atoms with Crippen molar-refractivity contribution in [3.63, 3.8) is 0 Å². The van der Waals surface area contributed by atoms with Gasteiger partial charge in [-0.2, -0.15) is 17.6 Å². The first-order valence-corrected chi connectivity index (χ1v) is 4.99. The summed E-state index contributed by atoms with van der Waals surface area (Å²) in [6, 6.07) is 1.75. The van der Waals surface area contributed by atoms with Gasteiger partial charge in [-0.25, -0.2) is 4.39 Å². The second-order valence-corrected chi connectivity index (χ2v) is 3.57. The molecule has 0 aliphatic carbocycles. The first-order chi connectivity index (χ1) is 9.12. The van der Waals surface area contributed by atoms with Gasteiger partial charge in [0, 0.05) is 11.6 Å². The van der Waals surface area contributed by atoms with Crippen molar-refractivity contribution >= 4 is 11.9 Å². The average Bonchev–Trinajstić information content (AvgIpc) is 2.34. The topological polar surface area (TPSA) is 57.5 Å². The van der Waals surface area contributed by atoms with E-state index in [2.05, 4.69) is 0 Å². The van der Waals surface area contributed by atoms with Gasteiger partial charge in [0.15, 0.2) is 11.6 Å². The highest BCUT2D eigenvalue weighted by Gasteiger charge is 2.36. The van der Waals surface area contributed by atoms with Crippen molar-refractivity contribution in [1.29, 1.82) is 0 Å².